The minimum atomic E-state index is -3.80. The molecular weight excluding hydrogens is 422 g/mol. The van der Waals surface area contributed by atoms with Gasteiger partial charge in [0.05, 0.1) is 29.6 Å². The number of ether oxygens (including phenoxy) is 2. The number of morpholine rings is 1. The van der Waals surface area contributed by atoms with Gasteiger partial charge in [0, 0.05) is 31.1 Å². The lowest BCUT2D eigenvalue weighted by molar-refractivity contribution is -0.384. The molecule has 1 N–H and O–H groups in total. The molecule has 0 aromatic heterocycles. The molecule has 2 unspecified atom stereocenters. The van der Waals surface area contributed by atoms with Crippen LogP contribution in [0.2, 0.25) is 0 Å². The first-order valence-electron chi connectivity index (χ1n) is 10.3. The minimum absolute atomic E-state index is 0.0391. The monoisotopic (exact) mass is 447 g/mol. The van der Waals surface area contributed by atoms with E-state index >= 15 is 0 Å². The lowest BCUT2D eigenvalue weighted by Gasteiger charge is -2.26. The summed E-state index contributed by atoms with van der Waals surface area (Å²) in [6.07, 6.45) is 0.834. The highest BCUT2D eigenvalue weighted by molar-refractivity contribution is 7.89. The highest BCUT2D eigenvalue weighted by atomic mass is 32.2. The Morgan fingerprint density at radius 1 is 1.23 bits per heavy atom. The van der Waals surface area contributed by atoms with E-state index in [9.17, 15) is 18.5 Å². The number of nitrogens with one attached hydrogen (secondary N) is 1. The number of rotatable bonds is 8. The number of anilines is 1. The Morgan fingerprint density at radius 3 is 2.71 bits per heavy atom. The zero-order valence-corrected chi connectivity index (χ0v) is 18.0. The van der Waals surface area contributed by atoms with Gasteiger partial charge in [-0.3, -0.25) is 10.1 Å². The first kappa shape index (κ1) is 21.5. The quantitative estimate of drug-likeness (QED) is 0.489. The van der Waals surface area contributed by atoms with Crippen LogP contribution in [0.1, 0.15) is 24.8 Å². The molecule has 10 heteroatoms. The Bertz CT molecular complexity index is 1070. The SMILES string of the molecule is CCOc1cccc(C2CC2Nc2ccc(S(=O)(=O)N3CCOCC3)cc2[N+](=O)[O-])c1. The van der Waals surface area contributed by atoms with Crippen LogP contribution in [0.3, 0.4) is 0 Å². The van der Waals surface area contributed by atoms with E-state index in [1.54, 1.807) is 0 Å². The summed E-state index contributed by atoms with van der Waals surface area (Å²) in [6.45, 7) is 3.61. The molecule has 0 bridgehead atoms. The highest BCUT2D eigenvalue weighted by Gasteiger charge is 2.40. The number of benzene rings is 2. The Morgan fingerprint density at radius 2 is 2.00 bits per heavy atom. The van der Waals surface area contributed by atoms with Crippen molar-refractivity contribution in [2.75, 3.05) is 38.2 Å². The molecule has 1 saturated heterocycles. The van der Waals surface area contributed by atoms with Crippen molar-refractivity contribution in [1.82, 2.24) is 4.31 Å². The predicted octanol–water partition coefficient (Wildman–Crippen LogP) is 2.98. The summed E-state index contributed by atoms with van der Waals surface area (Å²) in [7, 11) is -3.80. The summed E-state index contributed by atoms with van der Waals surface area (Å²) in [5.41, 5.74) is 1.18. The van der Waals surface area contributed by atoms with Crippen LogP contribution in [0.4, 0.5) is 11.4 Å². The van der Waals surface area contributed by atoms with Crippen LogP contribution in [0.5, 0.6) is 5.75 Å². The fourth-order valence-electron chi connectivity index (χ4n) is 3.81. The van der Waals surface area contributed by atoms with Crippen molar-refractivity contribution in [3.05, 3.63) is 58.1 Å². The van der Waals surface area contributed by atoms with E-state index < -0.39 is 14.9 Å². The summed E-state index contributed by atoms with van der Waals surface area (Å²) in [5.74, 6) is 1.02. The first-order valence-corrected chi connectivity index (χ1v) is 11.7. The Hall–Kier alpha value is -2.69. The van der Waals surface area contributed by atoms with E-state index in [-0.39, 0.29) is 35.6 Å². The molecule has 9 nitrogen and oxygen atoms in total. The summed E-state index contributed by atoms with van der Waals surface area (Å²) < 4.78 is 37.7. The van der Waals surface area contributed by atoms with Crippen molar-refractivity contribution < 1.29 is 22.8 Å². The second-order valence-corrected chi connectivity index (χ2v) is 9.49. The number of hydrogen-bond acceptors (Lipinski definition) is 7. The van der Waals surface area contributed by atoms with Gasteiger partial charge in [-0.25, -0.2) is 8.42 Å². The van der Waals surface area contributed by atoms with Crippen molar-refractivity contribution >= 4 is 21.4 Å². The van der Waals surface area contributed by atoms with Crippen LogP contribution < -0.4 is 10.1 Å². The van der Waals surface area contributed by atoms with E-state index in [1.165, 1.54) is 16.4 Å². The molecule has 2 fully saturated rings. The van der Waals surface area contributed by atoms with Gasteiger partial charge < -0.3 is 14.8 Å². The molecule has 2 aliphatic rings. The van der Waals surface area contributed by atoms with Gasteiger partial charge >= 0.3 is 0 Å². The van der Waals surface area contributed by atoms with E-state index in [1.807, 2.05) is 31.2 Å². The van der Waals surface area contributed by atoms with Crippen LogP contribution in [0, 0.1) is 10.1 Å². The van der Waals surface area contributed by atoms with Crippen LogP contribution in [-0.4, -0.2) is 56.6 Å². The molecule has 2 aromatic rings. The fourth-order valence-corrected chi connectivity index (χ4v) is 5.23. The molecule has 0 spiro atoms. The van der Waals surface area contributed by atoms with Crippen molar-refractivity contribution in [3.8, 4) is 5.75 Å². The topological polar surface area (TPSA) is 111 Å². The Balaban J connectivity index is 1.52. The Labute approximate surface area is 181 Å². The largest absolute Gasteiger partial charge is 0.494 e. The fraction of sp³-hybridized carbons (Fsp3) is 0.429. The number of sulfonamides is 1. The number of nitro groups is 1. The zero-order chi connectivity index (χ0) is 22.0. The molecule has 1 aliphatic carbocycles. The second-order valence-electron chi connectivity index (χ2n) is 7.55. The van der Waals surface area contributed by atoms with Gasteiger partial charge in [-0.05, 0) is 43.2 Å². The molecule has 1 saturated carbocycles. The summed E-state index contributed by atoms with van der Waals surface area (Å²) in [5, 5.41) is 14.9. The lowest BCUT2D eigenvalue weighted by Crippen LogP contribution is -2.40. The van der Waals surface area contributed by atoms with Gasteiger partial charge in [-0.15, -0.1) is 0 Å². The van der Waals surface area contributed by atoms with E-state index in [4.69, 9.17) is 9.47 Å². The van der Waals surface area contributed by atoms with Gasteiger partial charge in [0.1, 0.15) is 11.4 Å². The average Bonchev–Trinajstić information content (AvgIpc) is 3.54. The molecule has 2 atom stereocenters. The number of nitrogens with zero attached hydrogens (tertiary/aromatic N) is 2. The van der Waals surface area contributed by atoms with Gasteiger partial charge in [0.15, 0.2) is 0 Å². The van der Waals surface area contributed by atoms with Crippen molar-refractivity contribution in [3.63, 3.8) is 0 Å². The van der Waals surface area contributed by atoms with Gasteiger partial charge in [-0.1, -0.05) is 12.1 Å². The third kappa shape index (κ3) is 4.65. The Kier molecular flexibility index (Phi) is 6.12. The summed E-state index contributed by atoms with van der Waals surface area (Å²) >= 11 is 0. The maximum atomic E-state index is 12.8. The van der Waals surface area contributed by atoms with Crippen LogP contribution in [0.15, 0.2) is 47.4 Å². The minimum Gasteiger partial charge on any atom is -0.494 e. The zero-order valence-electron chi connectivity index (χ0n) is 17.2. The van der Waals surface area contributed by atoms with Crippen molar-refractivity contribution in [2.45, 2.75) is 30.2 Å². The smallest absolute Gasteiger partial charge is 0.293 e. The predicted molar refractivity (Wildman–Crippen MR) is 115 cm³/mol. The molecular formula is C21H25N3O6S. The third-order valence-electron chi connectivity index (χ3n) is 5.50. The second kappa shape index (κ2) is 8.81. The first-order chi connectivity index (χ1) is 14.9. The van der Waals surface area contributed by atoms with Crippen LogP contribution in [-0.2, 0) is 14.8 Å². The van der Waals surface area contributed by atoms with Crippen molar-refractivity contribution in [2.24, 2.45) is 0 Å². The lowest BCUT2D eigenvalue weighted by atomic mass is 10.1. The summed E-state index contributed by atoms with van der Waals surface area (Å²) in [4.78, 5) is 11.0. The van der Waals surface area contributed by atoms with Gasteiger partial charge in [0.25, 0.3) is 5.69 Å². The average molecular weight is 448 g/mol. The molecule has 166 valence electrons. The summed E-state index contributed by atoms with van der Waals surface area (Å²) in [6, 6.07) is 11.9. The van der Waals surface area contributed by atoms with Crippen LogP contribution in [0.25, 0.3) is 0 Å². The number of hydrogen-bond donors (Lipinski definition) is 1. The maximum Gasteiger partial charge on any atom is 0.293 e. The molecule has 31 heavy (non-hydrogen) atoms. The molecule has 0 amide bonds. The van der Waals surface area contributed by atoms with E-state index in [0.717, 1.165) is 23.8 Å². The normalized spacial score (nSPS) is 21.5. The third-order valence-corrected chi connectivity index (χ3v) is 7.40. The van der Waals surface area contributed by atoms with E-state index in [2.05, 4.69) is 5.32 Å². The van der Waals surface area contributed by atoms with Crippen LogP contribution >= 0.6 is 0 Å². The maximum absolute atomic E-state index is 12.8. The molecule has 1 heterocycles. The number of nitro benzene ring substituents is 1. The molecule has 1 aliphatic heterocycles. The van der Waals surface area contributed by atoms with Gasteiger partial charge in [0.2, 0.25) is 10.0 Å². The molecule has 0 radical (unpaired) electrons. The standard InChI is InChI=1S/C21H25N3O6S/c1-2-30-16-5-3-4-15(12-16)18-14-20(18)22-19-7-6-17(13-21(19)24(25)26)31(27,28)23-8-10-29-11-9-23/h3-7,12-13,18,20,22H,2,8-11,14H2,1H3. The van der Waals surface area contributed by atoms with E-state index in [0.29, 0.717) is 25.5 Å². The molecule has 4 rings (SSSR count). The van der Waals surface area contributed by atoms with Gasteiger partial charge in [-0.2, -0.15) is 4.31 Å². The van der Waals surface area contributed by atoms with Crippen molar-refractivity contribution in [1.29, 1.82) is 0 Å². The highest BCUT2D eigenvalue weighted by Crippen LogP contribution is 2.45. The molecule has 2 aromatic carbocycles.